The summed E-state index contributed by atoms with van der Waals surface area (Å²) in [7, 11) is 0. The van der Waals surface area contributed by atoms with Gasteiger partial charge in [-0.05, 0) is 13.0 Å². The van der Waals surface area contributed by atoms with E-state index in [1.807, 2.05) is 0 Å². The van der Waals surface area contributed by atoms with Gasteiger partial charge in [0.15, 0.2) is 11.5 Å². The summed E-state index contributed by atoms with van der Waals surface area (Å²) in [5.74, 6) is -0.694. The summed E-state index contributed by atoms with van der Waals surface area (Å²) in [4.78, 5) is 18.9. The summed E-state index contributed by atoms with van der Waals surface area (Å²) < 4.78 is 10.6. The van der Waals surface area contributed by atoms with Crippen molar-refractivity contribution in [2.45, 2.75) is 13.0 Å². The molecule has 0 radical (unpaired) electrons. The third-order valence-corrected chi connectivity index (χ3v) is 2.19. The number of aromatic carboxylic acids is 1. The van der Waals surface area contributed by atoms with Gasteiger partial charge in [0.05, 0.1) is 19.8 Å². The molecule has 16 heavy (non-hydrogen) atoms. The molecule has 1 aliphatic rings. The van der Waals surface area contributed by atoms with Crippen molar-refractivity contribution in [2.24, 2.45) is 0 Å². The number of rotatable bonds is 2. The molecule has 0 bridgehead atoms. The summed E-state index contributed by atoms with van der Waals surface area (Å²) >= 11 is 0. The molecule has 0 aliphatic carbocycles. The zero-order chi connectivity index (χ0) is 11.5. The SMILES string of the molecule is Cc1cc(C(=O)O)nc(C2COCCO2)n1. The highest BCUT2D eigenvalue weighted by atomic mass is 16.6. The second-order valence-corrected chi connectivity index (χ2v) is 3.49. The van der Waals surface area contributed by atoms with E-state index in [1.54, 1.807) is 6.92 Å². The fraction of sp³-hybridized carbons (Fsp3) is 0.500. The van der Waals surface area contributed by atoms with Gasteiger partial charge in [0, 0.05) is 5.69 Å². The molecule has 6 nitrogen and oxygen atoms in total. The van der Waals surface area contributed by atoms with Crippen LogP contribution in [0.15, 0.2) is 6.07 Å². The number of carboxylic acid groups (broad SMARTS) is 1. The number of hydrogen-bond donors (Lipinski definition) is 1. The Morgan fingerprint density at radius 2 is 2.31 bits per heavy atom. The van der Waals surface area contributed by atoms with E-state index in [0.717, 1.165) is 0 Å². The van der Waals surface area contributed by atoms with Crippen LogP contribution >= 0.6 is 0 Å². The van der Waals surface area contributed by atoms with E-state index in [0.29, 0.717) is 31.3 Å². The molecule has 1 aliphatic heterocycles. The smallest absolute Gasteiger partial charge is 0.354 e. The van der Waals surface area contributed by atoms with Crippen molar-refractivity contribution in [1.29, 1.82) is 0 Å². The Morgan fingerprint density at radius 3 is 2.94 bits per heavy atom. The molecule has 0 saturated carbocycles. The van der Waals surface area contributed by atoms with Crippen LogP contribution in [0.4, 0.5) is 0 Å². The molecule has 6 heteroatoms. The zero-order valence-electron chi connectivity index (χ0n) is 8.84. The minimum atomic E-state index is -1.07. The molecule has 1 saturated heterocycles. The van der Waals surface area contributed by atoms with E-state index in [1.165, 1.54) is 6.07 Å². The summed E-state index contributed by atoms with van der Waals surface area (Å²) in [5.41, 5.74) is 0.591. The van der Waals surface area contributed by atoms with E-state index < -0.39 is 5.97 Å². The van der Waals surface area contributed by atoms with Crippen LogP contribution in [-0.4, -0.2) is 40.9 Å². The Morgan fingerprint density at radius 1 is 1.50 bits per heavy atom. The zero-order valence-corrected chi connectivity index (χ0v) is 8.84. The van der Waals surface area contributed by atoms with Gasteiger partial charge in [-0.3, -0.25) is 0 Å². The number of carbonyl (C=O) groups is 1. The Balaban J connectivity index is 2.28. The van der Waals surface area contributed by atoms with E-state index in [4.69, 9.17) is 14.6 Å². The molecule has 1 aromatic heterocycles. The molecule has 0 amide bonds. The molecule has 1 unspecified atom stereocenters. The third kappa shape index (κ3) is 2.34. The second-order valence-electron chi connectivity index (χ2n) is 3.49. The van der Waals surface area contributed by atoms with E-state index in [9.17, 15) is 4.79 Å². The monoisotopic (exact) mass is 224 g/mol. The maximum absolute atomic E-state index is 10.8. The molecule has 1 N–H and O–H groups in total. The first-order chi connectivity index (χ1) is 7.66. The van der Waals surface area contributed by atoms with Crippen molar-refractivity contribution in [2.75, 3.05) is 19.8 Å². The number of nitrogens with zero attached hydrogens (tertiary/aromatic N) is 2. The van der Waals surface area contributed by atoms with Crippen LogP contribution in [0, 0.1) is 6.92 Å². The lowest BCUT2D eigenvalue weighted by Gasteiger charge is -2.21. The standard InChI is InChI=1S/C10H12N2O4/c1-6-4-7(10(13)14)12-9(11-6)8-5-15-2-3-16-8/h4,8H,2-3,5H2,1H3,(H,13,14). The quantitative estimate of drug-likeness (QED) is 0.790. The van der Waals surface area contributed by atoms with Crippen molar-refractivity contribution in [3.05, 3.63) is 23.3 Å². The number of aromatic nitrogens is 2. The topological polar surface area (TPSA) is 81.5 Å². The summed E-state index contributed by atoms with van der Waals surface area (Å²) in [6, 6.07) is 1.43. The largest absolute Gasteiger partial charge is 0.477 e. The maximum atomic E-state index is 10.8. The van der Waals surface area contributed by atoms with Gasteiger partial charge in [-0.25, -0.2) is 14.8 Å². The Bertz CT molecular complexity index is 402. The number of aryl methyl sites for hydroxylation is 1. The molecule has 1 fully saturated rings. The van der Waals surface area contributed by atoms with Crippen LogP contribution in [0.2, 0.25) is 0 Å². The highest BCUT2D eigenvalue weighted by Gasteiger charge is 2.21. The molecule has 0 aromatic carbocycles. The minimum absolute atomic E-state index is 0.0170. The molecular formula is C10H12N2O4. The first-order valence-corrected chi connectivity index (χ1v) is 4.95. The Labute approximate surface area is 92.2 Å². The maximum Gasteiger partial charge on any atom is 0.354 e. The van der Waals surface area contributed by atoms with Crippen LogP contribution in [0.25, 0.3) is 0 Å². The van der Waals surface area contributed by atoms with E-state index in [-0.39, 0.29) is 11.8 Å². The predicted octanol–water partition coefficient (Wildman–Crippen LogP) is 0.571. The van der Waals surface area contributed by atoms with Crippen LogP contribution in [0.1, 0.15) is 28.1 Å². The van der Waals surface area contributed by atoms with Gasteiger partial charge >= 0.3 is 5.97 Å². The third-order valence-electron chi connectivity index (χ3n) is 2.19. The number of ether oxygens (including phenoxy) is 2. The van der Waals surface area contributed by atoms with Gasteiger partial charge in [-0.15, -0.1) is 0 Å². The van der Waals surface area contributed by atoms with Crippen LogP contribution in [0.5, 0.6) is 0 Å². The first-order valence-electron chi connectivity index (χ1n) is 4.95. The molecule has 2 heterocycles. The molecular weight excluding hydrogens is 212 g/mol. The Kier molecular flexibility index (Phi) is 3.12. The highest BCUT2D eigenvalue weighted by Crippen LogP contribution is 2.17. The van der Waals surface area contributed by atoms with Gasteiger partial charge in [0.2, 0.25) is 0 Å². The predicted molar refractivity (Wildman–Crippen MR) is 53.2 cm³/mol. The summed E-state index contributed by atoms with van der Waals surface area (Å²) in [6.45, 7) is 3.11. The highest BCUT2D eigenvalue weighted by molar-refractivity contribution is 5.85. The minimum Gasteiger partial charge on any atom is -0.477 e. The van der Waals surface area contributed by atoms with Gasteiger partial charge < -0.3 is 14.6 Å². The molecule has 2 rings (SSSR count). The van der Waals surface area contributed by atoms with Gasteiger partial charge in [-0.2, -0.15) is 0 Å². The summed E-state index contributed by atoms with van der Waals surface area (Å²) in [6.07, 6.45) is -0.369. The van der Waals surface area contributed by atoms with Crippen LogP contribution < -0.4 is 0 Å². The van der Waals surface area contributed by atoms with E-state index in [2.05, 4.69) is 9.97 Å². The lowest BCUT2D eigenvalue weighted by Crippen LogP contribution is -2.24. The average molecular weight is 224 g/mol. The van der Waals surface area contributed by atoms with Gasteiger partial charge in [0.1, 0.15) is 6.10 Å². The van der Waals surface area contributed by atoms with Crippen molar-refractivity contribution in [3.8, 4) is 0 Å². The molecule has 86 valence electrons. The van der Waals surface area contributed by atoms with Crippen molar-refractivity contribution in [1.82, 2.24) is 9.97 Å². The van der Waals surface area contributed by atoms with Crippen molar-refractivity contribution < 1.29 is 19.4 Å². The normalized spacial score (nSPS) is 20.7. The first kappa shape index (κ1) is 11.0. The fourth-order valence-corrected chi connectivity index (χ4v) is 1.48. The number of carboxylic acids is 1. The number of hydrogen-bond acceptors (Lipinski definition) is 5. The van der Waals surface area contributed by atoms with Crippen LogP contribution in [-0.2, 0) is 9.47 Å². The van der Waals surface area contributed by atoms with Crippen molar-refractivity contribution in [3.63, 3.8) is 0 Å². The summed E-state index contributed by atoms with van der Waals surface area (Å²) in [5, 5.41) is 8.87. The lowest BCUT2D eigenvalue weighted by atomic mass is 10.2. The second kappa shape index (κ2) is 4.54. The fourth-order valence-electron chi connectivity index (χ4n) is 1.48. The van der Waals surface area contributed by atoms with Gasteiger partial charge in [-0.1, -0.05) is 0 Å². The van der Waals surface area contributed by atoms with Crippen LogP contribution in [0.3, 0.4) is 0 Å². The average Bonchev–Trinajstić information content (AvgIpc) is 2.29. The van der Waals surface area contributed by atoms with Gasteiger partial charge in [0.25, 0.3) is 0 Å². The van der Waals surface area contributed by atoms with Crippen molar-refractivity contribution >= 4 is 5.97 Å². The molecule has 1 aromatic rings. The lowest BCUT2D eigenvalue weighted by molar-refractivity contribution is -0.0936. The Hall–Kier alpha value is -1.53. The van der Waals surface area contributed by atoms with E-state index >= 15 is 0 Å². The molecule has 1 atom stereocenters. The molecule has 0 spiro atoms.